The minimum absolute atomic E-state index is 0.517. The van der Waals surface area contributed by atoms with Gasteiger partial charge in [0.1, 0.15) is 11.4 Å². The van der Waals surface area contributed by atoms with Crippen molar-refractivity contribution in [3.8, 4) is 22.5 Å². The van der Waals surface area contributed by atoms with Crippen LogP contribution in [0.2, 0.25) is 0 Å². The lowest BCUT2D eigenvalue weighted by Crippen LogP contribution is -2.22. The molecule has 144 valence electrons. The van der Waals surface area contributed by atoms with E-state index in [0.717, 1.165) is 40.2 Å². The fraction of sp³-hybridized carbons (Fsp3) is 0.318. The molecule has 0 radical (unpaired) electrons. The maximum absolute atomic E-state index is 11.5. The number of benzene rings is 2. The molecular weight excluding hydrogens is 336 g/mol. The van der Waals surface area contributed by atoms with Crippen molar-refractivity contribution in [2.45, 2.75) is 48.1 Å². The average molecular weight is 367 g/mol. The van der Waals surface area contributed by atoms with E-state index in [-0.39, 0.29) is 0 Å². The van der Waals surface area contributed by atoms with Crippen molar-refractivity contribution in [3.05, 3.63) is 54.1 Å². The van der Waals surface area contributed by atoms with E-state index in [9.17, 15) is 4.79 Å². The van der Waals surface area contributed by atoms with Crippen molar-refractivity contribution >= 4 is 12.1 Å². The number of amides is 1. The second-order valence-electron chi connectivity index (χ2n) is 4.93. The molecule has 1 aliphatic rings. The van der Waals surface area contributed by atoms with Crippen LogP contribution in [0.5, 0.6) is 0 Å². The Morgan fingerprint density at radius 2 is 1.33 bits per heavy atom. The molecule has 0 unspecified atom stereocenters. The minimum Gasteiger partial charge on any atom is -0.310 e. The van der Waals surface area contributed by atoms with Gasteiger partial charge in [0.05, 0.1) is 12.2 Å². The van der Waals surface area contributed by atoms with E-state index < -0.39 is 0 Å². The van der Waals surface area contributed by atoms with Gasteiger partial charge < -0.3 is 4.90 Å². The third kappa shape index (κ3) is 4.61. The van der Waals surface area contributed by atoms with Crippen molar-refractivity contribution in [3.63, 3.8) is 0 Å². The number of hydrogen-bond donors (Lipinski definition) is 1. The molecule has 0 fully saturated rings. The Balaban J connectivity index is 0.000000556. The quantitative estimate of drug-likeness (QED) is 0.562. The van der Waals surface area contributed by atoms with Gasteiger partial charge in [0, 0.05) is 11.1 Å². The number of carbonyl (C=O) groups is 1. The lowest BCUT2D eigenvalue weighted by Gasteiger charge is -2.24. The van der Waals surface area contributed by atoms with Gasteiger partial charge in [0.15, 0.2) is 0 Å². The van der Waals surface area contributed by atoms with Crippen LogP contribution < -0.4 is 4.90 Å². The Hall–Kier alpha value is -2.95. The van der Waals surface area contributed by atoms with Crippen molar-refractivity contribution in [2.24, 2.45) is 0 Å². The third-order valence-electron chi connectivity index (χ3n) is 3.76. The largest absolute Gasteiger partial charge is 0.310 e. The number of rotatable bonds is 1. The van der Waals surface area contributed by atoms with Gasteiger partial charge in [-0.15, -0.1) is 0 Å². The second kappa shape index (κ2) is 11.6. The van der Waals surface area contributed by atoms with Crippen LogP contribution in [0.1, 0.15) is 47.1 Å². The monoisotopic (exact) mass is 366 g/mol. The minimum atomic E-state index is 0.517. The summed E-state index contributed by atoms with van der Waals surface area (Å²) in [6, 6.07) is 15.7. The van der Waals surface area contributed by atoms with Gasteiger partial charge in [-0.25, -0.2) is 0 Å². The van der Waals surface area contributed by atoms with Crippen molar-refractivity contribution < 1.29 is 4.79 Å². The van der Waals surface area contributed by atoms with Gasteiger partial charge in [-0.2, -0.15) is 15.4 Å². The Kier molecular flexibility index (Phi) is 9.51. The number of nitrogens with zero attached hydrogens (tertiary/aromatic N) is 3. The molecule has 0 saturated heterocycles. The molecule has 1 amide bonds. The molecule has 2 heterocycles. The zero-order valence-electron chi connectivity index (χ0n) is 17.2. The van der Waals surface area contributed by atoms with Gasteiger partial charge in [-0.3, -0.25) is 4.79 Å². The van der Waals surface area contributed by atoms with Gasteiger partial charge in [0.2, 0.25) is 6.41 Å². The lowest BCUT2D eigenvalue weighted by atomic mass is 9.96. The maximum atomic E-state index is 11.5. The molecule has 2 aromatic carbocycles. The van der Waals surface area contributed by atoms with Crippen LogP contribution in [-0.2, 0) is 11.3 Å². The number of nitrogens with one attached hydrogen (secondary N) is 1. The zero-order valence-corrected chi connectivity index (χ0v) is 17.2. The van der Waals surface area contributed by atoms with Crippen LogP contribution in [0.25, 0.3) is 22.5 Å². The van der Waals surface area contributed by atoms with Gasteiger partial charge in [-0.05, 0) is 11.6 Å². The number of carbonyl (C=O) groups excluding carboxylic acids is 1. The molecule has 3 aromatic rings. The SMILES string of the molecule is CC.CC.CC.O=CN1Cc2ccccc2-c2n[nH]nc2-c2ccccc21. The molecule has 5 heteroatoms. The van der Waals surface area contributed by atoms with Crippen LogP contribution >= 0.6 is 0 Å². The lowest BCUT2D eigenvalue weighted by molar-refractivity contribution is -0.107. The van der Waals surface area contributed by atoms with E-state index in [4.69, 9.17) is 0 Å². The Morgan fingerprint density at radius 3 is 1.96 bits per heavy atom. The molecule has 4 rings (SSSR count). The summed E-state index contributed by atoms with van der Waals surface area (Å²) in [5.41, 5.74) is 5.39. The highest BCUT2D eigenvalue weighted by Gasteiger charge is 2.23. The Morgan fingerprint density at radius 1 is 0.815 bits per heavy atom. The van der Waals surface area contributed by atoms with E-state index >= 15 is 0 Å². The maximum Gasteiger partial charge on any atom is 0.214 e. The summed E-state index contributed by atoms with van der Waals surface area (Å²) in [4.78, 5) is 13.2. The zero-order chi connectivity index (χ0) is 20.2. The molecule has 0 bridgehead atoms. The highest BCUT2D eigenvalue weighted by Crippen LogP contribution is 2.38. The van der Waals surface area contributed by atoms with E-state index in [1.807, 2.05) is 90.1 Å². The molecule has 27 heavy (non-hydrogen) atoms. The molecule has 1 N–H and O–H groups in total. The summed E-state index contributed by atoms with van der Waals surface area (Å²) in [5, 5.41) is 11.3. The summed E-state index contributed by atoms with van der Waals surface area (Å²) in [7, 11) is 0. The van der Waals surface area contributed by atoms with Gasteiger partial charge in [-0.1, -0.05) is 84.0 Å². The predicted octanol–water partition coefficient (Wildman–Crippen LogP) is 5.69. The first kappa shape index (κ1) is 22.1. The molecule has 0 aliphatic carbocycles. The van der Waals surface area contributed by atoms with Gasteiger partial charge >= 0.3 is 0 Å². The smallest absolute Gasteiger partial charge is 0.214 e. The number of H-pyrrole nitrogens is 1. The summed E-state index contributed by atoms with van der Waals surface area (Å²) in [6.07, 6.45) is 0.862. The summed E-state index contributed by atoms with van der Waals surface area (Å²) >= 11 is 0. The molecule has 0 atom stereocenters. The first-order chi connectivity index (χ1) is 13.4. The molecule has 5 nitrogen and oxygen atoms in total. The third-order valence-corrected chi connectivity index (χ3v) is 3.76. The number of hydrogen-bond acceptors (Lipinski definition) is 3. The fourth-order valence-electron chi connectivity index (χ4n) is 2.78. The van der Waals surface area contributed by atoms with Crippen LogP contribution in [0.3, 0.4) is 0 Å². The van der Waals surface area contributed by atoms with Crippen molar-refractivity contribution in [2.75, 3.05) is 4.90 Å². The van der Waals surface area contributed by atoms with Crippen LogP contribution in [0, 0.1) is 0 Å². The molecule has 0 spiro atoms. The van der Waals surface area contributed by atoms with Crippen molar-refractivity contribution in [1.29, 1.82) is 0 Å². The molecule has 1 aromatic heterocycles. The fourth-order valence-corrected chi connectivity index (χ4v) is 2.78. The normalized spacial score (nSPS) is 10.5. The van der Waals surface area contributed by atoms with E-state index in [1.54, 1.807) is 4.90 Å². The average Bonchev–Trinajstić information content (AvgIpc) is 3.25. The first-order valence-corrected chi connectivity index (χ1v) is 9.69. The van der Waals surface area contributed by atoms with Crippen LogP contribution in [0.15, 0.2) is 48.5 Å². The van der Waals surface area contributed by atoms with E-state index in [2.05, 4.69) is 15.4 Å². The van der Waals surface area contributed by atoms with Crippen LogP contribution in [-0.4, -0.2) is 21.8 Å². The molecular formula is C22H30N4O. The standard InChI is InChI=1S/C16H12N4O.3C2H6/c21-10-20-9-11-5-1-2-6-12(11)15-16(18-19-17-15)13-7-3-4-8-14(13)20;3*1-2/h1-8,10H,9H2,(H,17,18,19);3*1-2H3. The summed E-state index contributed by atoms with van der Waals surface area (Å²) in [6.45, 7) is 12.5. The first-order valence-electron chi connectivity index (χ1n) is 9.69. The van der Waals surface area contributed by atoms with E-state index in [1.165, 1.54) is 0 Å². The van der Waals surface area contributed by atoms with Crippen molar-refractivity contribution in [1.82, 2.24) is 15.4 Å². The predicted molar refractivity (Wildman–Crippen MR) is 114 cm³/mol. The Bertz CT molecular complexity index is 826. The second-order valence-corrected chi connectivity index (χ2v) is 4.93. The number of para-hydroxylation sites is 1. The van der Waals surface area contributed by atoms with E-state index in [0.29, 0.717) is 6.54 Å². The number of aromatic nitrogens is 3. The highest BCUT2D eigenvalue weighted by molar-refractivity contribution is 5.92. The molecule has 0 saturated carbocycles. The molecule has 1 aliphatic heterocycles. The van der Waals surface area contributed by atoms with Gasteiger partial charge in [0.25, 0.3) is 0 Å². The number of fused-ring (bicyclic) bond motifs is 5. The summed E-state index contributed by atoms with van der Waals surface area (Å²) < 4.78 is 0. The number of anilines is 1. The highest BCUT2D eigenvalue weighted by atomic mass is 16.1. The topological polar surface area (TPSA) is 61.9 Å². The number of aromatic amines is 1. The Labute approximate surface area is 162 Å². The summed E-state index contributed by atoms with van der Waals surface area (Å²) in [5.74, 6) is 0. The van der Waals surface area contributed by atoms with Crippen LogP contribution in [0.4, 0.5) is 5.69 Å².